The lowest BCUT2D eigenvalue weighted by molar-refractivity contribution is -0.161. The first kappa shape index (κ1) is 100. The molecular weight excluding hydrogens is 1330 g/mol. The standard InChI is InChI=1S/C83H162O17P2/c1-8-11-12-13-14-15-16-17-18-19-20-21-22-23-24-29-32-38-43-52-59-66-82(87)99-78(70-93-80(85)64-57-50-42-37-31-28-26-25-27-30-36-41-48-55-62-75(6)9-2)72-97-101(89,90)95-68-77(84)69-96-102(91,92)98-73-79(71-94-81(86)65-58-51-46-45-49-56-63-76(7)10-3)100-83(88)67-60-53-44-39-34-33-35-40-47-54-61-74(4)5/h74-79,84H,8-73H2,1-7H3,(H,89,90)(H,91,92)/t75?,76?,77-,78-,79-/m1/s1. The fraction of sp³-hybridized carbons (Fsp3) is 0.952. The highest BCUT2D eigenvalue weighted by Crippen LogP contribution is 2.45. The molecule has 0 saturated heterocycles. The van der Waals surface area contributed by atoms with Crippen molar-refractivity contribution in [2.75, 3.05) is 39.6 Å². The molecule has 0 aliphatic carbocycles. The molecule has 3 N–H and O–H groups in total. The van der Waals surface area contributed by atoms with Crippen LogP contribution in [0.3, 0.4) is 0 Å². The van der Waals surface area contributed by atoms with Gasteiger partial charge in [0.1, 0.15) is 19.3 Å². The molecule has 0 spiro atoms. The van der Waals surface area contributed by atoms with Crippen LogP contribution in [0.4, 0.5) is 0 Å². The van der Waals surface area contributed by atoms with Crippen LogP contribution < -0.4 is 0 Å². The Labute approximate surface area is 626 Å². The van der Waals surface area contributed by atoms with Crippen LogP contribution in [0.15, 0.2) is 0 Å². The summed E-state index contributed by atoms with van der Waals surface area (Å²) in [6.07, 6.45) is 62.5. The average Bonchev–Trinajstić information content (AvgIpc) is 1.03. The highest BCUT2D eigenvalue weighted by molar-refractivity contribution is 7.47. The van der Waals surface area contributed by atoms with Crippen molar-refractivity contribution in [3.63, 3.8) is 0 Å². The first-order valence-electron chi connectivity index (χ1n) is 42.9. The van der Waals surface area contributed by atoms with Crippen LogP contribution in [0.1, 0.15) is 434 Å². The van der Waals surface area contributed by atoms with E-state index in [1.54, 1.807) is 0 Å². The van der Waals surface area contributed by atoms with Crippen LogP contribution in [0.5, 0.6) is 0 Å². The SMILES string of the molecule is CCCCCCCCCCCCCCCCCCCCCCCC(=O)O[C@H](COC(=O)CCCCCCCCCCCCCCCCC(C)CC)COP(=O)(O)OC[C@@H](O)COP(=O)(O)OC[C@@H](COC(=O)CCCCCCCCC(C)CC)OC(=O)CCCCCCCCCCCCC(C)C. The van der Waals surface area contributed by atoms with Crippen molar-refractivity contribution in [3.8, 4) is 0 Å². The van der Waals surface area contributed by atoms with E-state index in [0.29, 0.717) is 25.7 Å². The number of ether oxygens (including phenoxy) is 4. The molecule has 0 radical (unpaired) electrons. The third-order valence-corrected chi connectivity index (χ3v) is 22.0. The molecule has 4 unspecified atom stereocenters. The Morgan fingerprint density at radius 3 is 0.745 bits per heavy atom. The second kappa shape index (κ2) is 73.2. The van der Waals surface area contributed by atoms with E-state index < -0.39 is 97.5 Å². The van der Waals surface area contributed by atoms with Gasteiger partial charge in [0.2, 0.25) is 0 Å². The van der Waals surface area contributed by atoms with Gasteiger partial charge >= 0.3 is 39.5 Å². The molecule has 7 atom stereocenters. The van der Waals surface area contributed by atoms with Gasteiger partial charge < -0.3 is 33.8 Å². The average molecular weight is 1490 g/mol. The summed E-state index contributed by atoms with van der Waals surface area (Å²) < 4.78 is 68.8. The van der Waals surface area contributed by atoms with E-state index in [1.165, 1.54) is 238 Å². The Balaban J connectivity index is 5.23. The summed E-state index contributed by atoms with van der Waals surface area (Å²) in [5.74, 6) is 0.222. The fourth-order valence-electron chi connectivity index (χ4n) is 12.8. The van der Waals surface area contributed by atoms with E-state index in [2.05, 4.69) is 48.5 Å². The van der Waals surface area contributed by atoms with E-state index in [1.807, 2.05) is 0 Å². The van der Waals surface area contributed by atoms with E-state index in [9.17, 15) is 43.2 Å². The number of rotatable bonds is 81. The summed E-state index contributed by atoms with van der Waals surface area (Å²) >= 11 is 0. The molecule has 0 saturated carbocycles. The number of hydrogen-bond acceptors (Lipinski definition) is 15. The summed E-state index contributed by atoms with van der Waals surface area (Å²) in [6, 6.07) is 0. The summed E-state index contributed by atoms with van der Waals surface area (Å²) in [7, 11) is -9.92. The molecule has 606 valence electrons. The number of carbonyl (C=O) groups excluding carboxylic acids is 4. The van der Waals surface area contributed by atoms with Gasteiger partial charge in [-0.15, -0.1) is 0 Å². The van der Waals surface area contributed by atoms with Gasteiger partial charge in [-0.3, -0.25) is 37.3 Å². The molecule has 0 rings (SSSR count). The van der Waals surface area contributed by atoms with E-state index in [4.69, 9.17) is 37.0 Å². The Kier molecular flexibility index (Phi) is 71.8. The minimum absolute atomic E-state index is 0.105. The normalized spacial score (nSPS) is 14.5. The van der Waals surface area contributed by atoms with E-state index in [0.717, 1.165) is 114 Å². The Morgan fingerprint density at radius 2 is 0.500 bits per heavy atom. The molecule has 0 aliphatic heterocycles. The summed E-state index contributed by atoms with van der Waals surface area (Å²) in [5, 5.41) is 10.7. The highest BCUT2D eigenvalue weighted by atomic mass is 31.2. The minimum atomic E-state index is -4.96. The van der Waals surface area contributed by atoms with Crippen molar-refractivity contribution >= 4 is 39.5 Å². The highest BCUT2D eigenvalue weighted by Gasteiger charge is 2.30. The largest absolute Gasteiger partial charge is 0.472 e. The maximum Gasteiger partial charge on any atom is 0.472 e. The number of phosphoric acid groups is 2. The fourth-order valence-corrected chi connectivity index (χ4v) is 14.4. The zero-order chi connectivity index (χ0) is 75.1. The molecule has 0 fully saturated rings. The van der Waals surface area contributed by atoms with Gasteiger partial charge in [-0.2, -0.15) is 0 Å². The molecule has 0 amide bonds. The zero-order valence-electron chi connectivity index (χ0n) is 67.1. The maximum atomic E-state index is 13.1. The van der Waals surface area contributed by atoms with Crippen LogP contribution in [-0.4, -0.2) is 96.7 Å². The molecule has 0 heterocycles. The lowest BCUT2D eigenvalue weighted by atomic mass is 9.99. The van der Waals surface area contributed by atoms with Crippen molar-refractivity contribution < 1.29 is 80.2 Å². The van der Waals surface area contributed by atoms with Crippen LogP contribution in [0.2, 0.25) is 0 Å². The number of phosphoric ester groups is 2. The van der Waals surface area contributed by atoms with Crippen molar-refractivity contribution in [1.82, 2.24) is 0 Å². The lowest BCUT2D eigenvalue weighted by Crippen LogP contribution is -2.30. The predicted octanol–water partition coefficient (Wildman–Crippen LogP) is 24.9. The summed E-state index contributed by atoms with van der Waals surface area (Å²) in [4.78, 5) is 73.1. The third kappa shape index (κ3) is 73.6. The Bertz CT molecular complexity index is 1980. The molecule has 0 aliphatic rings. The van der Waals surface area contributed by atoms with Crippen molar-refractivity contribution in [3.05, 3.63) is 0 Å². The van der Waals surface area contributed by atoms with Gasteiger partial charge in [0.15, 0.2) is 12.2 Å². The van der Waals surface area contributed by atoms with E-state index >= 15 is 0 Å². The van der Waals surface area contributed by atoms with Crippen LogP contribution >= 0.6 is 15.6 Å². The van der Waals surface area contributed by atoms with Crippen molar-refractivity contribution in [2.24, 2.45) is 17.8 Å². The maximum absolute atomic E-state index is 13.1. The van der Waals surface area contributed by atoms with Gasteiger partial charge in [0, 0.05) is 25.7 Å². The number of aliphatic hydroxyl groups is 1. The zero-order valence-corrected chi connectivity index (χ0v) is 68.9. The van der Waals surface area contributed by atoms with Gasteiger partial charge in [-0.1, -0.05) is 382 Å². The molecular formula is C83H162O17P2. The second-order valence-electron chi connectivity index (χ2n) is 30.8. The van der Waals surface area contributed by atoms with Crippen LogP contribution in [-0.2, 0) is 65.4 Å². The van der Waals surface area contributed by atoms with Gasteiger partial charge in [-0.25, -0.2) is 9.13 Å². The van der Waals surface area contributed by atoms with Crippen LogP contribution in [0.25, 0.3) is 0 Å². The summed E-state index contributed by atoms with van der Waals surface area (Å²) in [6.45, 7) is 12.0. The number of hydrogen-bond donors (Lipinski definition) is 3. The molecule has 102 heavy (non-hydrogen) atoms. The molecule has 0 aromatic heterocycles. The summed E-state index contributed by atoms with van der Waals surface area (Å²) in [5.41, 5.74) is 0. The van der Waals surface area contributed by atoms with Gasteiger partial charge in [-0.05, 0) is 43.4 Å². The molecule has 0 aromatic carbocycles. The number of aliphatic hydroxyl groups excluding tert-OH is 1. The Hall–Kier alpha value is -1.94. The van der Waals surface area contributed by atoms with Crippen molar-refractivity contribution in [1.29, 1.82) is 0 Å². The molecule has 0 bridgehead atoms. The molecule has 17 nitrogen and oxygen atoms in total. The molecule has 19 heteroatoms. The minimum Gasteiger partial charge on any atom is -0.462 e. The molecule has 0 aromatic rings. The number of carbonyl (C=O) groups is 4. The first-order valence-corrected chi connectivity index (χ1v) is 45.9. The Morgan fingerprint density at radius 1 is 0.284 bits per heavy atom. The van der Waals surface area contributed by atoms with E-state index in [-0.39, 0.29) is 25.7 Å². The smallest absolute Gasteiger partial charge is 0.462 e. The lowest BCUT2D eigenvalue weighted by Gasteiger charge is -2.21. The van der Waals surface area contributed by atoms with Crippen molar-refractivity contribution in [2.45, 2.75) is 452 Å². The van der Waals surface area contributed by atoms with Crippen LogP contribution in [0, 0.1) is 17.8 Å². The predicted molar refractivity (Wildman–Crippen MR) is 418 cm³/mol. The van der Waals surface area contributed by atoms with Gasteiger partial charge in [0.25, 0.3) is 0 Å². The first-order chi connectivity index (χ1) is 49.3. The topological polar surface area (TPSA) is 237 Å². The number of esters is 4. The van der Waals surface area contributed by atoms with Gasteiger partial charge in [0.05, 0.1) is 26.4 Å². The monoisotopic (exact) mass is 1490 g/mol. The third-order valence-electron chi connectivity index (χ3n) is 20.1. The number of unbranched alkanes of at least 4 members (excludes halogenated alkanes) is 47. The quantitative estimate of drug-likeness (QED) is 0.0222. The second-order valence-corrected chi connectivity index (χ2v) is 33.7.